The number of rotatable bonds is 7. The Morgan fingerprint density at radius 2 is 2.00 bits per heavy atom. The normalized spacial score (nSPS) is 10.8. The lowest BCUT2D eigenvalue weighted by molar-refractivity contribution is -0.384. The van der Waals surface area contributed by atoms with Crippen LogP contribution >= 0.6 is 46.3 Å². The van der Waals surface area contributed by atoms with E-state index in [2.05, 4.69) is 10.3 Å². The van der Waals surface area contributed by atoms with Crippen LogP contribution in [-0.4, -0.2) is 21.6 Å². The highest BCUT2D eigenvalue weighted by Crippen LogP contribution is 2.32. The van der Waals surface area contributed by atoms with Crippen LogP contribution in [0.2, 0.25) is 10.0 Å². The molecule has 1 heterocycles. The second-order valence-corrected chi connectivity index (χ2v) is 9.67. The maximum absolute atomic E-state index is 12.3. The molecule has 0 bridgehead atoms. The predicted molar refractivity (Wildman–Crippen MR) is 123 cm³/mol. The van der Waals surface area contributed by atoms with Crippen molar-refractivity contribution >= 4 is 63.6 Å². The second kappa shape index (κ2) is 9.78. The summed E-state index contributed by atoms with van der Waals surface area (Å²) in [4.78, 5) is 28.5. The monoisotopic (exact) mass is 481 g/mol. The number of nitrogens with zero attached hydrogens (tertiary/aromatic N) is 2. The summed E-state index contributed by atoms with van der Waals surface area (Å²) in [6.45, 7) is 3.66. The molecular formula is C20H17Cl2N3O3S2. The minimum atomic E-state index is -0.507. The van der Waals surface area contributed by atoms with Crippen molar-refractivity contribution in [1.82, 2.24) is 4.98 Å². The number of hydrogen-bond acceptors (Lipinski definition) is 6. The van der Waals surface area contributed by atoms with Crippen molar-refractivity contribution in [3.05, 3.63) is 78.3 Å². The summed E-state index contributed by atoms with van der Waals surface area (Å²) in [5.74, 6) is -0.241. The average Bonchev–Trinajstić information content (AvgIpc) is 3.04. The first-order valence-corrected chi connectivity index (χ1v) is 11.4. The molecule has 1 N–H and O–H groups in total. The van der Waals surface area contributed by atoms with Crippen LogP contribution in [0, 0.1) is 24.0 Å². The third-order valence-electron chi connectivity index (χ3n) is 4.18. The average molecular weight is 482 g/mol. The van der Waals surface area contributed by atoms with Gasteiger partial charge in [-0.1, -0.05) is 41.0 Å². The maximum atomic E-state index is 12.3. The smallest absolute Gasteiger partial charge is 0.293 e. The highest BCUT2D eigenvalue weighted by atomic mass is 35.5. The van der Waals surface area contributed by atoms with Gasteiger partial charge in [0.2, 0.25) is 5.91 Å². The molecule has 0 radical (unpaired) electrons. The lowest BCUT2D eigenvalue weighted by Gasteiger charge is -2.06. The second-order valence-electron chi connectivity index (χ2n) is 6.52. The number of nitrogens with one attached hydrogen (secondary N) is 1. The van der Waals surface area contributed by atoms with Gasteiger partial charge in [-0.15, -0.1) is 11.3 Å². The highest BCUT2D eigenvalue weighted by Gasteiger charge is 2.17. The molecule has 0 spiro atoms. The standard InChI is InChI=1S/C20H17Cl2N3O3S2/c1-11-3-6-16(17(7-11)25(27)28)24-19(26)10-29-20-23-12(2)18(30-20)9-13-8-14(21)4-5-15(13)22/h3-8H,9-10H2,1-2H3,(H,24,26). The van der Waals surface area contributed by atoms with Crippen LogP contribution in [0.1, 0.15) is 21.7 Å². The van der Waals surface area contributed by atoms with Crippen molar-refractivity contribution in [2.24, 2.45) is 0 Å². The van der Waals surface area contributed by atoms with Gasteiger partial charge < -0.3 is 5.32 Å². The molecule has 30 heavy (non-hydrogen) atoms. The first-order chi connectivity index (χ1) is 14.2. The minimum Gasteiger partial charge on any atom is -0.320 e. The van der Waals surface area contributed by atoms with Crippen molar-refractivity contribution in [2.75, 3.05) is 11.1 Å². The van der Waals surface area contributed by atoms with E-state index in [0.29, 0.717) is 16.5 Å². The molecular weight excluding hydrogens is 465 g/mol. The van der Waals surface area contributed by atoms with Gasteiger partial charge in [0.05, 0.1) is 16.4 Å². The first kappa shape index (κ1) is 22.6. The molecule has 0 aliphatic rings. The van der Waals surface area contributed by atoms with Crippen LogP contribution in [-0.2, 0) is 11.2 Å². The quantitative estimate of drug-likeness (QED) is 0.243. The Morgan fingerprint density at radius 1 is 1.23 bits per heavy atom. The van der Waals surface area contributed by atoms with E-state index >= 15 is 0 Å². The SMILES string of the molecule is Cc1ccc(NC(=O)CSc2nc(C)c(Cc3cc(Cl)ccc3Cl)s2)c([N+](=O)[O-])c1. The lowest BCUT2D eigenvalue weighted by atomic mass is 10.1. The molecule has 0 saturated carbocycles. The predicted octanol–water partition coefficient (Wildman–Crippen LogP) is 6.30. The van der Waals surface area contributed by atoms with Gasteiger partial charge in [0.25, 0.3) is 5.69 Å². The van der Waals surface area contributed by atoms with Crippen molar-refractivity contribution in [1.29, 1.82) is 0 Å². The Hall–Kier alpha value is -2.13. The summed E-state index contributed by atoms with van der Waals surface area (Å²) in [7, 11) is 0. The number of aromatic nitrogens is 1. The number of nitro groups is 1. The number of carbonyl (C=O) groups is 1. The van der Waals surface area contributed by atoms with Crippen molar-refractivity contribution in [3.8, 4) is 0 Å². The van der Waals surface area contributed by atoms with E-state index in [0.717, 1.165) is 26.0 Å². The Labute approximate surface area is 191 Å². The van der Waals surface area contributed by atoms with Gasteiger partial charge in [0.15, 0.2) is 4.34 Å². The number of halogens is 2. The molecule has 156 valence electrons. The minimum absolute atomic E-state index is 0.0926. The Bertz CT molecular complexity index is 1120. The molecule has 6 nitrogen and oxygen atoms in total. The number of benzene rings is 2. The van der Waals surface area contributed by atoms with Crippen LogP contribution in [0.4, 0.5) is 11.4 Å². The summed E-state index contributed by atoms with van der Waals surface area (Å²) in [6, 6.07) is 10.0. The van der Waals surface area contributed by atoms with E-state index in [1.54, 1.807) is 25.1 Å². The molecule has 3 aromatic rings. The Balaban J connectivity index is 1.64. The molecule has 0 saturated heterocycles. The third-order valence-corrected chi connectivity index (χ3v) is 7.09. The fourth-order valence-electron chi connectivity index (χ4n) is 2.69. The number of carbonyl (C=O) groups excluding carboxylic acids is 1. The Kier molecular flexibility index (Phi) is 7.36. The highest BCUT2D eigenvalue weighted by molar-refractivity contribution is 8.01. The molecule has 2 aromatic carbocycles. The molecule has 0 unspecified atom stereocenters. The van der Waals surface area contributed by atoms with Gasteiger partial charge in [0.1, 0.15) is 5.69 Å². The number of thioether (sulfide) groups is 1. The number of hydrogen-bond donors (Lipinski definition) is 1. The van der Waals surface area contributed by atoms with Crippen LogP contribution in [0.5, 0.6) is 0 Å². The van der Waals surface area contributed by atoms with Gasteiger partial charge in [-0.25, -0.2) is 4.98 Å². The molecule has 1 amide bonds. The van der Waals surface area contributed by atoms with Crippen LogP contribution < -0.4 is 5.32 Å². The number of thiazole rings is 1. The molecule has 0 aliphatic heterocycles. The van der Waals surface area contributed by atoms with E-state index in [1.807, 2.05) is 13.0 Å². The third kappa shape index (κ3) is 5.72. The maximum Gasteiger partial charge on any atom is 0.293 e. The van der Waals surface area contributed by atoms with Crippen LogP contribution in [0.15, 0.2) is 40.7 Å². The van der Waals surface area contributed by atoms with Crippen molar-refractivity contribution in [2.45, 2.75) is 24.6 Å². The molecule has 0 aliphatic carbocycles. The van der Waals surface area contributed by atoms with Gasteiger partial charge in [0, 0.05) is 27.4 Å². The largest absolute Gasteiger partial charge is 0.320 e. The lowest BCUT2D eigenvalue weighted by Crippen LogP contribution is -2.15. The summed E-state index contributed by atoms with van der Waals surface area (Å²) < 4.78 is 0.745. The van der Waals surface area contributed by atoms with Crippen molar-refractivity contribution in [3.63, 3.8) is 0 Å². The molecule has 0 atom stereocenters. The molecule has 1 aromatic heterocycles. The first-order valence-electron chi connectivity index (χ1n) is 8.81. The fraction of sp³-hybridized carbons (Fsp3) is 0.200. The van der Waals surface area contributed by atoms with Crippen LogP contribution in [0.25, 0.3) is 0 Å². The number of anilines is 1. The summed E-state index contributed by atoms with van der Waals surface area (Å²) in [6.07, 6.45) is 0.602. The van der Waals surface area contributed by atoms with Gasteiger partial charge in [-0.2, -0.15) is 0 Å². The summed E-state index contributed by atoms with van der Waals surface area (Å²) >= 11 is 15.1. The van der Waals surface area contributed by atoms with E-state index in [9.17, 15) is 14.9 Å². The van der Waals surface area contributed by atoms with Gasteiger partial charge in [-0.05, 0) is 49.2 Å². The topological polar surface area (TPSA) is 85.1 Å². The van der Waals surface area contributed by atoms with E-state index in [-0.39, 0.29) is 23.0 Å². The fourth-order valence-corrected chi connectivity index (χ4v) is 5.13. The van der Waals surface area contributed by atoms with E-state index < -0.39 is 4.92 Å². The Morgan fingerprint density at radius 3 is 2.73 bits per heavy atom. The van der Waals surface area contributed by atoms with E-state index in [1.165, 1.54) is 35.2 Å². The van der Waals surface area contributed by atoms with Crippen LogP contribution in [0.3, 0.4) is 0 Å². The van der Waals surface area contributed by atoms with E-state index in [4.69, 9.17) is 23.2 Å². The molecule has 10 heteroatoms. The number of amides is 1. The summed E-state index contributed by atoms with van der Waals surface area (Å²) in [5, 5.41) is 15.1. The van der Waals surface area contributed by atoms with Gasteiger partial charge >= 0.3 is 0 Å². The summed E-state index contributed by atoms with van der Waals surface area (Å²) in [5.41, 5.74) is 2.59. The zero-order chi connectivity index (χ0) is 21.8. The zero-order valence-electron chi connectivity index (χ0n) is 16.1. The molecule has 3 rings (SSSR count). The van der Waals surface area contributed by atoms with Crippen molar-refractivity contribution < 1.29 is 9.72 Å². The zero-order valence-corrected chi connectivity index (χ0v) is 19.2. The number of nitro benzene ring substituents is 1. The van der Waals surface area contributed by atoms with Gasteiger partial charge in [-0.3, -0.25) is 14.9 Å². The molecule has 0 fully saturated rings. The number of aryl methyl sites for hydroxylation is 2.